The molecule has 0 N–H and O–H groups in total. The zero-order chi connectivity index (χ0) is 20.6. The Morgan fingerprint density at radius 3 is 2.48 bits per heavy atom. The van der Waals surface area contributed by atoms with Crippen LogP contribution in [0.5, 0.6) is 5.75 Å². The van der Waals surface area contributed by atoms with Crippen molar-refractivity contribution in [3.8, 4) is 5.75 Å². The highest BCUT2D eigenvalue weighted by Gasteiger charge is 2.50. The van der Waals surface area contributed by atoms with E-state index in [0.717, 1.165) is 37.0 Å². The Morgan fingerprint density at radius 2 is 1.93 bits per heavy atom. The highest BCUT2D eigenvalue weighted by Crippen LogP contribution is 2.52. The number of hydrogen-bond acceptors (Lipinski definition) is 6. The largest absolute Gasteiger partial charge is 0.490 e. The van der Waals surface area contributed by atoms with E-state index < -0.39 is 11.6 Å². The maximum absolute atomic E-state index is 12.1. The van der Waals surface area contributed by atoms with Crippen LogP contribution in [0.1, 0.15) is 70.2 Å². The lowest BCUT2D eigenvalue weighted by Crippen LogP contribution is -2.25. The van der Waals surface area contributed by atoms with Gasteiger partial charge in [0.25, 0.3) is 0 Å². The molecule has 2 aliphatic rings. The quantitative estimate of drug-likeness (QED) is 0.506. The molecule has 0 amide bonds. The normalized spacial score (nSPS) is 18.0. The number of rotatable bonds is 7. The van der Waals surface area contributed by atoms with Crippen LogP contribution in [0.3, 0.4) is 0 Å². The second-order valence-electron chi connectivity index (χ2n) is 9.07. The van der Waals surface area contributed by atoms with E-state index in [9.17, 15) is 4.79 Å². The number of carbonyl (C=O) groups excluding carboxylic acids is 1. The van der Waals surface area contributed by atoms with Gasteiger partial charge in [-0.25, -0.2) is 4.79 Å². The summed E-state index contributed by atoms with van der Waals surface area (Å²) in [6, 6.07) is 8.24. The van der Waals surface area contributed by atoms with Gasteiger partial charge in [-0.3, -0.25) is 0 Å². The van der Waals surface area contributed by atoms with Crippen molar-refractivity contribution in [1.82, 2.24) is 10.1 Å². The Bertz CT molecular complexity index is 900. The predicted molar refractivity (Wildman–Crippen MR) is 108 cm³/mol. The fourth-order valence-electron chi connectivity index (χ4n) is 3.43. The van der Waals surface area contributed by atoms with Gasteiger partial charge >= 0.3 is 5.97 Å². The maximum Gasteiger partial charge on any atom is 0.334 e. The molecule has 4 rings (SSSR count). The molecule has 0 saturated heterocycles. The predicted octanol–water partition coefficient (Wildman–Crippen LogP) is 4.52. The summed E-state index contributed by atoms with van der Waals surface area (Å²) in [5.41, 5.74) is 0.700. The molecule has 0 spiro atoms. The van der Waals surface area contributed by atoms with Gasteiger partial charge in [0.2, 0.25) is 5.89 Å². The molecule has 2 fully saturated rings. The third-order valence-corrected chi connectivity index (χ3v) is 5.46. The number of nitrogens with zero attached hydrogens (tertiary/aromatic N) is 2. The third-order valence-electron chi connectivity index (χ3n) is 5.46. The van der Waals surface area contributed by atoms with E-state index >= 15 is 0 Å². The summed E-state index contributed by atoms with van der Waals surface area (Å²) in [5.74, 6) is 1.52. The summed E-state index contributed by atoms with van der Waals surface area (Å²) in [7, 11) is 0. The van der Waals surface area contributed by atoms with E-state index in [2.05, 4.69) is 28.9 Å². The summed E-state index contributed by atoms with van der Waals surface area (Å²) < 4.78 is 16.7. The van der Waals surface area contributed by atoms with Crippen LogP contribution < -0.4 is 4.74 Å². The van der Waals surface area contributed by atoms with Crippen LogP contribution >= 0.6 is 0 Å². The molecular weight excluding hydrogens is 368 g/mol. The lowest BCUT2D eigenvalue weighted by atomic mass is 9.94. The number of hydrogen-bond donors (Lipinski definition) is 0. The molecule has 0 aliphatic heterocycles. The first-order chi connectivity index (χ1) is 13.7. The van der Waals surface area contributed by atoms with Gasteiger partial charge in [0.05, 0.1) is 17.9 Å². The number of benzene rings is 1. The van der Waals surface area contributed by atoms with Crippen LogP contribution in [0.15, 0.2) is 40.9 Å². The molecule has 1 aromatic carbocycles. The molecule has 0 atom stereocenters. The molecular formula is C23H28N2O4. The van der Waals surface area contributed by atoms with Crippen LogP contribution in [-0.4, -0.2) is 27.8 Å². The van der Waals surface area contributed by atoms with Crippen LogP contribution in [0.2, 0.25) is 0 Å². The van der Waals surface area contributed by atoms with Gasteiger partial charge in [0, 0.05) is 5.57 Å². The van der Waals surface area contributed by atoms with E-state index in [1.54, 1.807) is 0 Å². The molecule has 0 unspecified atom stereocenters. The zero-order valence-electron chi connectivity index (χ0n) is 17.4. The Kier molecular flexibility index (Phi) is 4.97. The lowest BCUT2D eigenvalue weighted by Gasteiger charge is -2.26. The molecule has 6 heteroatoms. The lowest BCUT2D eigenvalue weighted by molar-refractivity contribution is -0.150. The van der Waals surface area contributed by atoms with Crippen molar-refractivity contribution >= 4 is 5.97 Å². The van der Waals surface area contributed by atoms with E-state index in [1.807, 2.05) is 32.9 Å². The van der Waals surface area contributed by atoms with Crippen molar-refractivity contribution in [2.45, 2.75) is 76.4 Å². The minimum Gasteiger partial charge on any atom is -0.490 e. The highest BCUT2D eigenvalue weighted by molar-refractivity contribution is 5.88. The van der Waals surface area contributed by atoms with Gasteiger partial charge in [0.1, 0.15) is 11.4 Å². The average molecular weight is 396 g/mol. The van der Waals surface area contributed by atoms with E-state index in [4.69, 9.17) is 14.0 Å². The number of aromatic nitrogens is 2. The minimum atomic E-state index is -0.563. The Hall–Kier alpha value is -2.63. The van der Waals surface area contributed by atoms with Crippen molar-refractivity contribution in [2.24, 2.45) is 0 Å². The van der Waals surface area contributed by atoms with Gasteiger partial charge in [-0.15, -0.1) is 0 Å². The molecule has 0 bridgehead atoms. The van der Waals surface area contributed by atoms with E-state index in [0.29, 0.717) is 23.4 Å². The fraction of sp³-hybridized carbons (Fsp3) is 0.522. The zero-order valence-corrected chi connectivity index (χ0v) is 17.4. The van der Waals surface area contributed by atoms with Gasteiger partial charge in [-0.05, 0) is 70.6 Å². The first kappa shape index (κ1) is 19.7. The first-order valence-electron chi connectivity index (χ1n) is 10.3. The second kappa shape index (κ2) is 7.32. The maximum atomic E-state index is 12.1. The van der Waals surface area contributed by atoms with Gasteiger partial charge in [-0.2, -0.15) is 4.98 Å². The summed E-state index contributed by atoms with van der Waals surface area (Å²) >= 11 is 0. The van der Waals surface area contributed by atoms with Crippen LogP contribution in [0.4, 0.5) is 0 Å². The minimum absolute atomic E-state index is 0.187. The topological polar surface area (TPSA) is 74.5 Å². The monoisotopic (exact) mass is 396 g/mol. The van der Waals surface area contributed by atoms with Gasteiger partial charge in [0.15, 0.2) is 5.82 Å². The molecule has 154 valence electrons. The summed E-state index contributed by atoms with van der Waals surface area (Å²) in [5, 5.41) is 4.20. The van der Waals surface area contributed by atoms with Crippen LogP contribution in [-0.2, 0) is 21.4 Å². The molecule has 1 aromatic heterocycles. The van der Waals surface area contributed by atoms with Gasteiger partial charge < -0.3 is 14.0 Å². The van der Waals surface area contributed by atoms with Crippen LogP contribution in [0, 0.1) is 0 Å². The van der Waals surface area contributed by atoms with Crippen molar-refractivity contribution in [3.05, 3.63) is 53.7 Å². The van der Waals surface area contributed by atoms with Crippen molar-refractivity contribution in [2.75, 3.05) is 0 Å². The molecule has 29 heavy (non-hydrogen) atoms. The van der Waals surface area contributed by atoms with Crippen LogP contribution in [0.25, 0.3) is 0 Å². The van der Waals surface area contributed by atoms with Crippen molar-refractivity contribution in [3.63, 3.8) is 0 Å². The number of ether oxygens (including phenoxy) is 2. The van der Waals surface area contributed by atoms with Crippen molar-refractivity contribution in [1.29, 1.82) is 0 Å². The van der Waals surface area contributed by atoms with E-state index in [-0.39, 0.29) is 11.8 Å². The Labute approximate surface area is 171 Å². The molecule has 1 heterocycles. The van der Waals surface area contributed by atoms with Gasteiger partial charge in [-0.1, -0.05) is 23.9 Å². The number of esters is 1. The average Bonchev–Trinajstić information content (AvgIpc) is 3.30. The molecule has 6 nitrogen and oxygen atoms in total. The summed E-state index contributed by atoms with van der Waals surface area (Å²) in [6.07, 6.45) is 6.05. The highest BCUT2D eigenvalue weighted by atomic mass is 16.6. The standard InChI is InChI=1S/C23H28N2O4/c1-15(20(26)28-22(2,3)4)14-19-24-21(25-29-19)23(12-13-23)16-8-10-18(11-9-16)27-17-6-5-7-17/h8-11,17H,1,5-7,12-14H2,2-4H3. The summed E-state index contributed by atoms with van der Waals surface area (Å²) in [6.45, 7) is 9.27. The summed E-state index contributed by atoms with van der Waals surface area (Å²) in [4.78, 5) is 16.7. The van der Waals surface area contributed by atoms with Crippen molar-refractivity contribution < 1.29 is 18.8 Å². The molecule has 2 aromatic rings. The molecule has 0 radical (unpaired) electrons. The second-order valence-corrected chi connectivity index (χ2v) is 9.07. The Balaban J connectivity index is 1.42. The third kappa shape index (κ3) is 4.36. The SMILES string of the molecule is C=C(Cc1nc(C2(c3ccc(OC4CCC4)cc3)CC2)no1)C(=O)OC(C)(C)C. The smallest absolute Gasteiger partial charge is 0.334 e. The number of carbonyl (C=O) groups is 1. The first-order valence-corrected chi connectivity index (χ1v) is 10.3. The Morgan fingerprint density at radius 1 is 1.24 bits per heavy atom. The molecule has 2 saturated carbocycles. The fourth-order valence-corrected chi connectivity index (χ4v) is 3.43. The van der Waals surface area contributed by atoms with E-state index in [1.165, 1.54) is 6.42 Å². The molecule has 2 aliphatic carbocycles.